The first-order chi connectivity index (χ1) is 43.0. The number of carboxylic acid groups (broad SMARTS) is 3. The number of hydrogen-bond acceptors (Lipinski definition) is 9. The van der Waals surface area contributed by atoms with Crippen LogP contribution in [0, 0.1) is 23.3 Å². The third kappa shape index (κ3) is 17.5. The van der Waals surface area contributed by atoms with Crippen LogP contribution < -0.4 is 30.2 Å². The number of hydrogen-bond donors (Lipinski definition) is 6. The highest BCUT2D eigenvalue weighted by Gasteiger charge is 2.31. The highest BCUT2D eigenvalue weighted by Crippen LogP contribution is 2.34. The van der Waals surface area contributed by atoms with E-state index in [1.165, 1.54) is 91.0 Å². The Morgan fingerprint density at radius 2 is 0.800 bits per heavy atom. The molecule has 9 aromatic carbocycles. The van der Waals surface area contributed by atoms with Gasteiger partial charge >= 0.3 is 24.3 Å². The van der Waals surface area contributed by atoms with E-state index in [2.05, 4.69) is 22.3 Å². The molecule has 0 bridgehead atoms. The van der Waals surface area contributed by atoms with E-state index in [-0.39, 0.29) is 62.0 Å². The van der Waals surface area contributed by atoms with Crippen LogP contribution in [0.15, 0.2) is 194 Å². The third-order valence-electron chi connectivity index (χ3n) is 13.3. The van der Waals surface area contributed by atoms with Crippen molar-refractivity contribution in [2.75, 3.05) is 22.6 Å². The number of rotatable bonds is 19. The fourth-order valence-corrected chi connectivity index (χ4v) is 8.71. The minimum Gasteiger partial charge on any atom is -0.494 e. The Hall–Kier alpha value is -11.3. The van der Waals surface area contributed by atoms with Crippen molar-refractivity contribution in [2.45, 2.75) is 45.1 Å². The van der Waals surface area contributed by atoms with Gasteiger partial charge in [0.1, 0.15) is 46.2 Å². The standard InChI is InChI=1S/C24H22FNO4.C23H18FNO4.C21H12F5NO4/c1-2-3-13-30-18-8-6-7-16(14-18)17-11-12-22(21(25)15-17)26-23(27)19-9-4-5-10-20(19)24(28)29;24-20-13-15(14-4-3-5-17(12-14)29-16-9-10-16)8-11-21(20)25-22(26)18-6-1-2-7-19(18)23(27)28;22-16-9-12(11-4-3-5-13(8-11)31-21(24,25)26)10-17(23)18(16)27-19(28)14-6-1-2-7-15(14)20(29)30/h4-12,14-15H,2-3,13H2,1H3,(H,26,27)(H,28,29);1-8,11-13,16H,9-10H2,(H,25,26)(H,27,28);1-10H,(H,27,28)(H,29,30). The molecule has 0 heterocycles. The molecule has 0 atom stereocenters. The second-order valence-electron chi connectivity index (χ2n) is 19.8. The molecule has 1 saturated carbocycles. The summed E-state index contributed by atoms with van der Waals surface area (Å²) in [7, 11) is 0. The number of nitrogens with one attached hydrogen (secondary N) is 3. The van der Waals surface area contributed by atoms with E-state index >= 15 is 0 Å². The van der Waals surface area contributed by atoms with Crippen LogP contribution in [-0.2, 0) is 0 Å². The predicted molar refractivity (Wildman–Crippen MR) is 320 cm³/mol. The summed E-state index contributed by atoms with van der Waals surface area (Å²) in [5.41, 5.74) is 0.882. The molecule has 0 saturated heterocycles. The van der Waals surface area contributed by atoms with Gasteiger partial charge in [-0.25, -0.2) is 31.9 Å². The maximum Gasteiger partial charge on any atom is 0.573 e. The largest absolute Gasteiger partial charge is 0.573 e. The van der Waals surface area contributed by atoms with Crippen LogP contribution in [0.3, 0.4) is 0 Å². The average molecular weight is 1240 g/mol. The fraction of sp³-hybridized carbons (Fsp3) is 0.118. The van der Waals surface area contributed by atoms with Gasteiger partial charge in [-0.05, 0) is 162 Å². The van der Waals surface area contributed by atoms with Crippen molar-refractivity contribution >= 4 is 52.7 Å². The maximum absolute atomic E-state index is 14.7. The van der Waals surface area contributed by atoms with Crippen molar-refractivity contribution in [3.8, 4) is 50.6 Å². The molecule has 9 aromatic rings. The summed E-state index contributed by atoms with van der Waals surface area (Å²) in [6.07, 6.45) is -0.562. The van der Waals surface area contributed by atoms with E-state index in [0.29, 0.717) is 23.5 Å². The Morgan fingerprint density at radius 3 is 1.21 bits per heavy atom. The molecule has 1 fully saturated rings. The summed E-state index contributed by atoms with van der Waals surface area (Å²) in [6.45, 7) is 2.71. The zero-order valence-electron chi connectivity index (χ0n) is 47.2. The predicted octanol–water partition coefficient (Wildman–Crippen LogP) is 16.1. The lowest BCUT2D eigenvalue weighted by Crippen LogP contribution is -2.18. The molecule has 0 radical (unpaired) electrons. The second-order valence-corrected chi connectivity index (χ2v) is 19.8. The smallest absolute Gasteiger partial charge is 0.494 e. The number of unbranched alkanes of at least 4 members (excludes halogenated alkanes) is 1. The molecule has 0 aliphatic heterocycles. The monoisotopic (exact) mass is 1240 g/mol. The molecule has 10 rings (SSSR count). The molecule has 0 aromatic heterocycles. The van der Waals surface area contributed by atoms with Crippen LogP contribution in [0.5, 0.6) is 17.2 Å². The van der Waals surface area contributed by atoms with Crippen LogP contribution in [-0.4, -0.2) is 70.0 Å². The molecule has 6 N–H and O–H groups in total. The van der Waals surface area contributed by atoms with Gasteiger partial charge in [0.15, 0.2) is 0 Å². The molecule has 0 unspecified atom stereocenters. The Labute approximate surface area is 509 Å². The minimum atomic E-state index is -4.94. The quantitative estimate of drug-likeness (QED) is 0.0328. The zero-order valence-corrected chi connectivity index (χ0v) is 47.2. The molecule has 3 amide bonds. The number of anilines is 3. The number of halogens is 7. The van der Waals surface area contributed by atoms with Crippen LogP contribution in [0.1, 0.15) is 94.8 Å². The first-order valence-electron chi connectivity index (χ1n) is 27.4. The van der Waals surface area contributed by atoms with Gasteiger partial charge in [-0.3, -0.25) is 14.4 Å². The Kier molecular flexibility index (Phi) is 21.1. The first-order valence-corrected chi connectivity index (χ1v) is 27.4. The summed E-state index contributed by atoms with van der Waals surface area (Å²) in [4.78, 5) is 71.0. The van der Waals surface area contributed by atoms with Gasteiger partial charge in [-0.1, -0.05) is 98.3 Å². The molecule has 1 aliphatic rings. The Balaban J connectivity index is 0.000000174. The van der Waals surface area contributed by atoms with E-state index in [9.17, 15) is 69.7 Å². The number of aromatic carboxylic acids is 3. The van der Waals surface area contributed by atoms with Crippen LogP contribution in [0.25, 0.3) is 33.4 Å². The van der Waals surface area contributed by atoms with Gasteiger partial charge in [0.05, 0.1) is 57.5 Å². The normalized spacial score (nSPS) is 11.5. The number of alkyl halides is 3. The highest BCUT2D eigenvalue weighted by molar-refractivity contribution is 6.12. The fourth-order valence-electron chi connectivity index (χ4n) is 8.71. The van der Waals surface area contributed by atoms with Gasteiger partial charge in [0, 0.05) is 0 Å². The summed E-state index contributed by atoms with van der Waals surface area (Å²) in [5.74, 6) is -9.05. The second kappa shape index (κ2) is 29.4. The van der Waals surface area contributed by atoms with Gasteiger partial charge in [-0.2, -0.15) is 0 Å². The summed E-state index contributed by atoms with van der Waals surface area (Å²) < 4.78 is 111. The lowest BCUT2D eigenvalue weighted by atomic mass is 10.0. The van der Waals surface area contributed by atoms with Crippen LogP contribution in [0.2, 0.25) is 0 Å². The van der Waals surface area contributed by atoms with Crippen molar-refractivity contribution in [1.82, 2.24) is 0 Å². The molecular formula is C68H52F7N3O12. The van der Waals surface area contributed by atoms with E-state index in [0.717, 1.165) is 72.9 Å². The van der Waals surface area contributed by atoms with E-state index in [4.69, 9.17) is 14.6 Å². The van der Waals surface area contributed by atoms with Crippen molar-refractivity contribution < 1.29 is 89.0 Å². The van der Waals surface area contributed by atoms with Crippen molar-refractivity contribution in [1.29, 1.82) is 0 Å². The summed E-state index contributed by atoms with van der Waals surface area (Å²) in [5, 5.41) is 34.4. The lowest BCUT2D eigenvalue weighted by Gasteiger charge is -2.13. The zero-order chi connectivity index (χ0) is 64.6. The number of carboxylic acids is 3. The molecule has 460 valence electrons. The molecule has 15 nitrogen and oxygen atoms in total. The van der Waals surface area contributed by atoms with Crippen LogP contribution in [0.4, 0.5) is 47.8 Å². The molecular weight excluding hydrogens is 1180 g/mol. The molecule has 22 heteroatoms. The summed E-state index contributed by atoms with van der Waals surface area (Å²) >= 11 is 0. The maximum atomic E-state index is 14.7. The SMILES string of the molecule is CCCCOc1cccc(-c2ccc(NC(=O)c3ccccc3C(=O)O)c(F)c2)c1.O=C(O)c1ccccc1C(=O)Nc1c(F)cc(-c2cccc(OC(F)(F)F)c2)cc1F.O=C(O)c1ccccc1C(=O)Nc1ccc(-c2cccc(OC3CC3)c2)cc1F. The molecule has 1 aliphatic carbocycles. The topological polar surface area (TPSA) is 227 Å². The minimum absolute atomic E-state index is 0.0238. The van der Waals surface area contributed by atoms with E-state index < -0.39 is 76.7 Å². The molecule has 0 spiro atoms. The average Bonchev–Trinajstić information content (AvgIpc) is 1.64. The molecule has 90 heavy (non-hydrogen) atoms. The Morgan fingerprint density at radius 1 is 0.433 bits per heavy atom. The highest BCUT2D eigenvalue weighted by atomic mass is 19.4. The van der Waals surface area contributed by atoms with Crippen LogP contribution >= 0.6 is 0 Å². The van der Waals surface area contributed by atoms with Gasteiger partial charge in [-0.15, -0.1) is 13.2 Å². The van der Waals surface area contributed by atoms with Gasteiger partial charge < -0.3 is 45.5 Å². The van der Waals surface area contributed by atoms with Gasteiger partial charge in [0.2, 0.25) is 0 Å². The summed E-state index contributed by atoms with van der Waals surface area (Å²) in [6, 6.07) is 46.6. The van der Waals surface area contributed by atoms with Gasteiger partial charge in [0.25, 0.3) is 17.7 Å². The number of carbonyl (C=O) groups is 6. The number of ether oxygens (including phenoxy) is 3. The van der Waals surface area contributed by atoms with Crippen molar-refractivity contribution in [3.63, 3.8) is 0 Å². The number of amides is 3. The van der Waals surface area contributed by atoms with E-state index in [1.807, 2.05) is 53.8 Å². The third-order valence-corrected chi connectivity index (χ3v) is 13.3. The Bertz CT molecular complexity index is 4130. The van der Waals surface area contributed by atoms with Crippen molar-refractivity contribution in [3.05, 3.63) is 251 Å². The van der Waals surface area contributed by atoms with E-state index in [1.54, 1.807) is 24.3 Å². The number of benzene rings is 9. The number of carbonyl (C=O) groups excluding carboxylic acids is 3. The first kappa shape index (κ1) is 64.7. The lowest BCUT2D eigenvalue weighted by molar-refractivity contribution is -0.274. The van der Waals surface area contributed by atoms with Crippen molar-refractivity contribution in [2.24, 2.45) is 0 Å².